The van der Waals surface area contributed by atoms with Crippen molar-refractivity contribution in [2.24, 2.45) is 0 Å². The van der Waals surface area contributed by atoms with Crippen LogP contribution in [-0.4, -0.2) is 20.9 Å². The van der Waals surface area contributed by atoms with Crippen LogP contribution in [0.5, 0.6) is 0 Å². The molecule has 0 radical (unpaired) electrons. The van der Waals surface area contributed by atoms with Crippen LogP contribution in [0.2, 0.25) is 0 Å². The van der Waals surface area contributed by atoms with Gasteiger partial charge in [-0.1, -0.05) is 18.2 Å². The van der Waals surface area contributed by atoms with E-state index < -0.39 is 16.6 Å². The molecular weight excluding hydrogens is 364 g/mol. The Morgan fingerprint density at radius 1 is 1.04 bits per heavy atom. The van der Waals surface area contributed by atoms with Gasteiger partial charge in [-0.05, 0) is 41.8 Å². The van der Waals surface area contributed by atoms with Crippen molar-refractivity contribution in [1.29, 1.82) is 0 Å². The van der Waals surface area contributed by atoms with Gasteiger partial charge in [0.05, 0.1) is 11.0 Å². The molecule has 1 unspecified atom stereocenters. The molecule has 0 aliphatic carbocycles. The Morgan fingerprint density at radius 3 is 2.68 bits per heavy atom. The predicted octanol–water partition coefficient (Wildman–Crippen LogP) is 4.67. The summed E-state index contributed by atoms with van der Waals surface area (Å²) in [6, 6.07) is 14.3. The van der Waals surface area contributed by atoms with Crippen LogP contribution in [-0.2, 0) is 13.1 Å². The summed E-state index contributed by atoms with van der Waals surface area (Å²) in [6.07, 6.45) is 2.89. The molecule has 3 aromatic rings. The highest BCUT2D eigenvalue weighted by Crippen LogP contribution is 2.34. The second-order valence-corrected chi connectivity index (χ2v) is 6.95. The van der Waals surface area contributed by atoms with Crippen molar-refractivity contribution in [3.05, 3.63) is 99.4 Å². The summed E-state index contributed by atoms with van der Waals surface area (Å²) < 4.78 is 29.1. The molecule has 2 heterocycles. The van der Waals surface area contributed by atoms with Crippen molar-refractivity contribution >= 4 is 5.69 Å². The van der Waals surface area contributed by atoms with Crippen LogP contribution in [0.1, 0.15) is 29.3 Å². The van der Waals surface area contributed by atoms with Gasteiger partial charge in [0.25, 0.3) is 5.69 Å². The third-order valence-corrected chi connectivity index (χ3v) is 5.12. The standard InChI is InChI=1S/C21H19F2N3O2/c22-18-8-7-15(12-19(18)23)14-25-11-3-10-24-9-2-6-20(24)21(25)16-4-1-5-17(13-16)26(27)28/h1-2,4-9,12-13,21H,3,10-11,14H2. The Labute approximate surface area is 161 Å². The fourth-order valence-corrected chi connectivity index (χ4v) is 3.87. The van der Waals surface area contributed by atoms with Gasteiger partial charge in [0.15, 0.2) is 11.6 Å². The largest absolute Gasteiger partial charge is 0.350 e. The molecule has 7 heteroatoms. The van der Waals surface area contributed by atoms with Gasteiger partial charge in [-0.2, -0.15) is 0 Å². The third kappa shape index (κ3) is 3.53. The molecule has 0 spiro atoms. The third-order valence-electron chi connectivity index (χ3n) is 5.12. The summed E-state index contributed by atoms with van der Waals surface area (Å²) in [5, 5.41) is 11.3. The van der Waals surface area contributed by atoms with Gasteiger partial charge < -0.3 is 4.57 Å². The zero-order valence-electron chi connectivity index (χ0n) is 15.1. The number of hydrogen-bond donors (Lipinski definition) is 0. The Kier molecular flexibility index (Phi) is 4.92. The first-order valence-corrected chi connectivity index (χ1v) is 9.10. The minimum atomic E-state index is -0.873. The Hall–Kier alpha value is -3.06. The predicted molar refractivity (Wildman–Crippen MR) is 101 cm³/mol. The van der Waals surface area contributed by atoms with E-state index in [0.29, 0.717) is 12.1 Å². The molecule has 1 aromatic heterocycles. The Balaban J connectivity index is 1.76. The topological polar surface area (TPSA) is 51.3 Å². The summed E-state index contributed by atoms with van der Waals surface area (Å²) in [7, 11) is 0. The van der Waals surface area contributed by atoms with Gasteiger partial charge in [0.2, 0.25) is 0 Å². The minimum absolute atomic E-state index is 0.0348. The lowest BCUT2D eigenvalue weighted by molar-refractivity contribution is -0.384. The fraction of sp³-hybridized carbons (Fsp3) is 0.238. The van der Waals surface area contributed by atoms with Crippen molar-refractivity contribution in [2.45, 2.75) is 25.6 Å². The maximum Gasteiger partial charge on any atom is 0.269 e. The lowest BCUT2D eigenvalue weighted by atomic mass is 10.0. The van der Waals surface area contributed by atoms with E-state index in [1.807, 2.05) is 24.4 Å². The maximum atomic E-state index is 13.7. The van der Waals surface area contributed by atoms with E-state index in [4.69, 9.17) is 0 Å². The Bertz CT molecular complexity index is 1020. The lowest BCUT2D eigenvalue weighted by Gasteiger charge is -2.30. The number of fused-ring (bicyclic) bond motifs is 1. The van der Waals surface area contributed by atoms with Crippen LogP contribution < -0.4 is 0 Å². The summed E-state index contributed by atoms with van der Waals surface area (Å²) in [6.45, 7) is 1.98. The molecule has 0 saturated heterocycles. The smallest absolute Gasteiger partial charge is 0.269 e. The van der Waals surface area contributed by atoms with Gasteiger partial charge in [-0.15, -0.1) is 0 Å². The number of aromatic nitrogens is 1. The minimum Gasteiger partial charge on any atom is -0.350 e. The first-order valence-electron chi connectivity index (χ1n) is 9.10. The number of aryl methyl sites for hydroxylation is 1. The molecule has 1 atom stereocenters. The van der Waals surface area contributed by atoms with E-state index in [9.17, 15) is 18.9 Å². The second kappa shape index (κ2) is 7.52. The van der Waals surface area contributed by atoms with Crippen molar-refractivity contribution in [2.75, 3.05) is 6.54 Å². The lowest BCUT2D eigenvalue weighted by Crippen LogP contribution is -2.29. The first kappa shape index (κ1) is 18.3. The van der Waals surface area contributed by atoms with Gasteiger partial charge in [-0.3, -0.25) is 15.0 Å². The average molecular weight is 383 g/mol. The van der Waals surface area contributed by atoms with Gasteiger partial charge in [-0.25, -0.2) is 8.78 Å². The van der Waals surface area contributed by atoms with Crippen molar-refractivity contribution in [3.63, 3.8) is 0 Å². The monoisotopic (exact) mass is 383 g/mol. The molecule has 1 aliphatic rings. The van der Waals surface area contributed by atoms with E-state index in [1.54, 1.807) is 18.2 Å². The fourth-order valence-electron chi connectivity index (χ4n) is 3.87. The van der Waals surface area contributed by atoms with Crippen molar-refractivity contribution < 1.29 is 13.7 Å². The SMILES string of the molecule is O=[N+]([O-])c1cccc(C2c3cccn3CCCN2Cc2ccc(F)c(F)c2)c1. The summed E-state index contributed by atoms with van der Waals surface area (Å²) >= 11 is 0. The molecule has 2 aromatic carbocycles. The second-order valence-electron chi connectivity index (χ2n) is 6.95. The van der Waals surface area contributed by atoms with Crippen LogP contribution in [0, 0.1) is 21.7 Å². The number of halogens is 2. The number of benzene rings is 2. The van der Waals surface area contributed by atoms with E-state index in [0.717, 1.165) is 36.8 Å². The van der Waals surface area contributed by atoms with E-state index in [2.05, 4.69) is 9.47 Å². The summed E-state index contributed by atoms with van der Waals surface area (Å²) in [5.74, 6) is -1.74. The average Bonchev–Trinajstić information content (AvgIpc) is 3.06. The highest BCUT2D eigenvalue weighted by Gasteiger charge is 2.28. The van der Waals surface area contributed by atoms with Crippen molar-refractivity contribution in [3.8, 4) is 0 Å². The Morgan fingerprint density at radius 2 is 1.89 bits per heavy atom. The number of nitro groups is 1. The summed E-state index contributed by atoms with van der Waals surface area (Å²) in [4.78, 5) is 13.0. The maximum absolute atomic E-state index is 13.7. The van der Waals surface area contributed by atoms with E-state index in [1.165, 1.54) is 12.1 Å². The number of hydrogen-bond acceptors (Lipinski definition) is 3. The number of rotatable bonds is 4. The van der Waals surface area contributed by atoms with Gasteiger partial charge in [0, 0.05) is 43.7 Å². The molecule has 144 valence electrons. The number of nitro benzene ring substituents is 1. The van der Waals surface area contributed by atoms with Crippen LogP contribution in [0.15, 0.2) is 60.8 Å². The molecule has 0 fully saturated rings. The first-order chi connectivity index (χ1) is 13.5. The zero-order valence-corrected chi connectivity index (χ0v) is 15.1. The normalized spacial score (nSPS) is 17.1. The summed E-state index contributed by atoms with van der Waals surface area (Å²) in [5.41, 5.74) is 2.53. The molecule has 0 amide bonds. The number of non-ortho nitro benzene ring substituents is 1. The van der Waals surface area contributed by atoms with Crippen LogP contribution >= 0.6 is 0 Å². The van der Waals surface area contributed by atoms with Crippen LogP contribution in [0.25, 0.3) is 0 Å². The molecule has 0 saturated carbocycles. The van der Waals surface area contributed by atoms with E-state index >= 15 is 0 Å². The number of nitrogens with zero attached hydrogens (tertiary/aromatic N) is 3. The molecule has 28 heavy (non-hydrogen) atoms. The van der Waals surface area contributed by atoms with Gasteiger partial charge in [0.1, 0.15) is 0 Å². The molecule has 4 rings (SSSR count). The molecule has 5 nitrogen and oxygen atoms in total. The highest BCUT2D eigenvalue weighted by molar-refractivity contribution is 5.39. The van der Waals surface area contributed by atoms with Gasteiger partial charge >= 0.3 is 0 Å². The molecular formula is C21H19F2N3O2. The molecule has 0 N–H and O–H groups in total. The molecule has 0 bridgehead atoms. The molecule has 1 aliphatic heterocycles. The van der Waals surface area contributed by atoms with Crippen LogP contribution in [0.4, 0.5) is 14.5 Å². The van der Waals surface area contributed by atoms with Crippen LogP contribution in [0.3, 0.4) is 0 Å². The quantitative estimate of drug-likeness (QED) is 0.486. The zero-order chi connectivity index (χ0) is 19.7. The van der Waals surface area contributed by atoms with E-state index in [-0.39, 0.29) is 11.7 Å². The van der Waals surface area contributed by atoms with Crippen molar-refractivity contribution in [1.82, 2.24) is 9.47 Å². The highest BCUT2D eigenvalue weighted by atomic mass is 19.2.